The molecular formula is C24H19BrClN3O5. The molecule has 34 heavy (non-hydrogen) atoms. The maximum Gasteiger partial charge on any atom is 0.343 e. The Bertz CT molecular complexity index is 1230. The highest BCUT2D eigenvalue weighted by Crippen LogP contribution is 2.23. The Morgan fingerprint density at radius 1 is 1.03 bits per heavy atom. The number of hydrogen-bond acceptors (Lipinski definition) is 6. The minimum atomic E-state index is -0.563. The first-order chi connectivity index (χ1) is 16.4. The molecular weight excluding hydrogens is 526 g/mol. The van der Waals surface area contributed by atoms with E-state index in [0.29, 0.717) is 27.5 Å². The van der Waals surface area contributed by atoms with E-state index in [9.17, 15) is 14.4 Å². The molecule has 0 aliphatic carbocycles. The van der Waals surface area contributed by atoms with Crippen molar-refractivity contribution < 1.29 is 23.9 Å². The lowest BCUT2D eigenvalue weighted by molar-refractivity contribution is -0.120. The largest absolute Gasteiger partial charge is 0.497 e. The number of nitrogens with zero attached hydrogens (tertiary/aromatic N) is 1. The molecule has 0 atom stereocenters. The van der Waals surface area contributed by atoms with Gasteiger partial charge in [-0.05, 0) is 60.7 Å². The van der Waals surface area contributed by atoms with E-state index in [1.165, 1.54) is 19.4 Å². The van der Waals surface area contributed by atoms with Crippen LogP contribution in [0.2, 0.25) is 5.02 Å². The number of halogens is 2. The molecule has 2 N–H and O–H groups in total. The van der Waals surface area contributed by atoms with Crippen LogP contribution in [0.4, 0.5) is 0 Å². The summed E-state index contributed by atoms with van der Waals surface area (Å²) in [5.41, 5.74) is 3.44. The Kier molecular flexibility index (Phi) is 8.78. The minimum absolute atomic E-state index is 0.247. The topological polar surface area (TPSA) is 106 Å². The van der Waals surface area contributed by atoms with E-state index in [0.717, 1.165) is 4.47 Å². The van der Waals surface area contributed by atoms with Crippen LogP contribution in [-0.2, 0) is 4.79 Å². The fourth-order valence-corrected chi connectivity index (χ4v) is 3.27. The standard InChI is InChI=1S/C24H19BrClN3O5/c1-33-20-8-5-15(6-9-20)24(32)34-21-10-7-18(25)11-17(21)13-28-29-22(30)14-27-23(31)16-3-2-4-19(26)12-16/h2-13H,14H2,1H3,(H,27,31)(H,29,30)/b28-13+. The van der Waals surface area contributed by atoms with E-state index in [1.807, 2.05) is 0 Å². The second-order valence-corrected chi connectivity index (χ2v) is 8.14. The molecule has 10 heteroatoms. The van der Waals surface area contributed by atoms with Crippen LogP contribution in [0.3, 0.4) is 0 Å². The Hall–Kier alpha value is -3.69. The van der Waals surface area contributed by atoms with Crippen molar-refractivity contribution in [2.24, 2.45) is 5.10 Å². The van der Waals surface area contributed by atoms with Crippen molar-refractivity contribution in [1.82, 2.24) is 10.7 Å². The van der Waals surface area contributed by atoms with Crippen LogP contribution >= 0.6 is 27.5 Å². The number of carbonyl (C=O) groups excluding carboxylic acids is 3. The molecule has 0 aromatic heterocycles. The fourth-order valence-electron chi connectivity index (χ4n) is 2.70. The van der Waals surface area contributed by atoms with E-state index in [4.69, 9.17) is 21.1 Å². The van der Waals surface area contributed by atoms with Crippen molar-refractivity contribution in [2.75, 3.05) is 13.7 Å². The van der Waals surface area contributed by atoms with Crippen LogP contribution in [0.1, 0.15) is 26.3 Å². The summed E-state index contributed by atoms with van der Waals surface area (Å²) < 4.78 is 11.3. The van der Waals surface area contributed by atoms with E-state index in [1.54, 1.807) is 60.7 Å². The van der Waals surface area contributed by atoms with Gasteiger partial charge in [-0.1, -0.05) is 33.6 Å². The van der Waals surface area contributed by atoms with Crippen LogP contribution in [0.25, 0.3) is 0 Å². The number of nitrogens with one attached hydrogen (secondary N) is 2. The monoisotopic (exact) mass is 543 g/mol. The molecule has 3 rings (SSSR count). The van der Waals surface area contributed by atoms with Crippen LogP contribution in [0.15, 0.2) is 76.3 Å². The number of carbonyl (C=O) groups is 3. The average Bonchev–Trinajstić information content (AvgIpc) is 2.84. The molecule has 0 unspecified atom stereocenters. The molecule has 2 amide bonds. The number of hydrazone groups is 1. The van der Waals surface area contributed by atoms with Gasteiger partial charge < -0.3 is 14.8 Å². The van der Waals surface area contributed by atoms with Crippen molar-refractivity contribution >= 4 is 51.5 Å². The number of benzene rings is 3. The summed E-state index contributed by atoms with van der Waals surface area (Å²) in [4.78, 5) is 36.6. The highest BCUT2D eigenvalue weighted by Gasteiger charge is 2.12. The summed E-state index contributed by atoms with van der Waals surface area (Å²) in [5, 5.41) is 6.78. The lowest BCUT2D eigenvalue weighted by Crippen LogP contribution is -2.34. The molecule has 3 aromatic rings. The van der Waals surface area contributed by atoms with Crippen LogP contribution in [0.5, 0.6) is 11.5 Å². The zero-order chi connectivity index (χ0) is 24.5. The predicted octanol–water partition coefficient (Wildman–Crippen LogP) is 4.21. The van der Waals surface area contributed by atoms with Gasteiger partial charge in [0.2, 0.25) is 0 Å². The second kappa shape index (κ2) is 12.0. The van der Waals surface area contributed by atoms with Crippen molar-refractivity contribution in [2.45, 2.75) is 0 Å². The molecule has 0 saturated heterocycles. The Morgan fingerprint density at radius 3 is 2.50 bits per heavy atom. The number of rotatable bonds is 8. The van der Waals surface area contributed by atoms with E-state index in [-0.39, 0.29) is 12.3 Å². The molecule has 174 valence electrons. The summed E-state index contributed by atoms with van der Waals surface area (Å²) in [6.07, 6.45) is 1.33. The quantitative estimate of drug-likeness (QED) is 0.191. The maximum atomic E-state index is 12.5. The number of hydrogen-bond donors (Lipinski definition) is 2. The molecule has 0 spiro atoms. The van der Waals surface area contributed by atoms with E-state index >= 15 is 0 Å². The third kappa shape index (κ3) is 7.16. The van der Waals surface area contributed by atoms with Gasteiger partial charge in [-0.3, -0.25) is 9.59 Å². The zero-order valence-electron chi connectivity index (χ0n) is 17.9. The van der Waals surface area contributed by atoms with Gasteiger partial charge in [0.05, 0.1) is 25.4 Å². The Balaban J connectivity index is 1.59. The van der Waals surface area contributed by atoms with Gasteiger partial charge in [0.1, 0.15) is 11.5 Å². The van der Waals surface area contributed by atoms with Gasteiger partial charge in [0.15, 0.2) is 0 Å². The summed E-state index contributed by atoms with van der Waals surface area (Å²) in [5.74, 6) is -0.684. The SMILES string of the molecule is COc1ccc(C(=O)Oc2ccc(Br)cc2/C=N/NC(=O)CNC(=O)c2cccc(Cl)c2)cc1. The fraction of sp³-hybridized carbons (Fsp3) is 0.0833. The smallest absolute Gasteiger partial charge is 0.343 e. The van der Waals surface area contributed by atoms with Crippen LogP contribution < -0.4 is 20.2 Å². The predicted molar refractivity (Wildman–Crippen MR) is 132 cm³/mol. The lowest BCUT2D eigenvalue weighted by atomic mass is 10.2. The van der Waals surface area contributed by atoms with Crippen LogP contribution in [0, 0.1) is 0 Å². The van der Waals surface area contributed by atoms with Crippen LogP contribution in [-0.4, -0.2) is 37.7 Å². The van der Waals surface area contributed by atoms with Crippen molar-refractivity contribution in [3.05, 3.63) is 92.9 Å². The van der Waals surface area contributed by atoms with Gasteiger partial charge in [-0.2, -0.15) is 5.10 Å². The summed E-state index contributed by atoms with van der Waals surface area (Å²) in [7, 11) is 1.53. The van der Waals surface area contributed by atoms with Crippen molar-refractivity contribution in [1.29, 1.82) is 0 Å². The highest BCUT2D eigenvalue weighted by molar-refractivity contribution is 9.10. The molecule has 3 aromatic carbocycles. The van der Waals surface area contributed by atoms with E-state index < -0.39 is 17.8 Å². The average molecular weight is 545 g/mol. The molecule has 0 aliphatic rings. The number of esters is 1. The number of ether oxygens (including phenoxy) is 2. The van der Waals surface area contributed by atoms with Gasteiger partial charge in [0, 0.05) is 20.6 Å². The zero-order valence-corrected chi connectivity index (χ0v) is 20.2. The normalized spacial score (nSPS) is 10.6. The molecule has 8 nitrogen and oxygen atoms in total. The summed E-state index contributed by atoms with van der Waals surface area (Å²) >= 11 is 9.21. The van der Waals surface area contributed by atoms with Crippen molar-refractivity contribution in [3.8, 4) is 11.5 Å². The van der Waals surface area contributed by atoms with Gasteiger partial charge >= 0.3 is 5.97 Å². The molecule has 0 aliphatic heterocycles. The van der Waals surface area contributed by atoms with Gasteiger partial charge in [-0.15, -0.1) is 0 Å². The van der Waals surface area contributed by atoms with Gasteiger partial charge in [-0.25, -0.2) is 10.2 Å². The first-order valence-corrected chi connectivity index (χ1v) is 11.0. The number of methoxy groups -OCH3 is 1. The third-order valence-electron chi connectivity index (χ3n) is 4.39. The summed E-state index contributed by atoms with van der Waals surface area (Å²) in [6.45, 7) is -0.291. The highest BCUT2D eigenvalue weighted by atomic mass is 79.9. The van der Waals surface area contributed by atoms with E-state index in [2.05, 4.69) is 31.8 Å². The second-order valence-electron chi connectivity index (χ2n) is 6.79. The third-order valence-corrected chi connectivity index (χ3v) is 5.12. The molecule has 0 bridgehead atoms. The molecule has 0 heterocycles. The molecule has 0 radical (unpaired) electrons. The summed E-state index contributed by atoms with van der Waals surface area (Å²) in [6, 6.07) is 17.8. The first kappa shape index (κ1) is 24.9. The lowest BCUT2D eigenvalue weighted by Gasteiger charge is -2.09. The van der Waals surface area contributed by atoms with Crippen molar-refractivity contribution in [3.63, 3.8) is 0 Å². The first-order valence-electron chi connectivity index (χ1n) is 9.87. The number of amides is 2. The molecule has 0 fully saturated rings. The minimum Gasteiger partial charge on any atom is -0.497 e. The Labute approximate surface area is 209 Å². The maximum absolute atomic E-state index is 12.5. The molecule has 0 saturated carbocycles. The van der Waals surface area contributed by atoms with Gasteiger partial charge in [0.25, 0.3) is 11.8 Å². The Morgan fingerprint density at radius 2 is 1.79 bits per heavy atom.